The van der Waals surface area contributed by atoms with Crippen LogP contribution >= 0.6 is 0 Å². The number of hydrogen-bond acceptors (Lipinski definition) is 4. The van der Waals surface area contributed by atoms with Gasteiger partial charge in [0.25, 0.3) is 0 Å². The van der Waals surface area contributed by atoms with E-state index in [9.17, 15) is 9.90 Å². The van der Waals surface area contributed by atoms with Crippen LogP contribution in [0.1, 0.15) is 37.5 Å². The molecule has 2 aromatic rings. The van der Waals surface area contributed by atoms with Gasteiger partial charge in [0.15, 0.2) is 0 Å². The largest absolute Gasteiger partial charge is 0.507 e. The van der Waals surface area contributed by atoms with Gasteiger partial charge < -0.3 is 9.52 Å². The topological polar surface area (TPSA) is 53.7 Å². The Morgan fingerprint density at radius 1 is 1.19 bits per heavy atom. The van der Waals surface area contributed by atoms with Crippen LogP contribution in [0.15, 0.2) is 21.3 Å². The highest BCUT2D eigenvalue weighted by atomic mass is 16.4. The zero-order valence-corrected chi connectivity index (χ0v) is 13.2. The molecule has 1 aromatic heterocycles. The van der Waals surface area contributed by atoms with Crippen LogP contribution in [0, 0.1) is 6.92 Å². The Balaban J connectivity index is 2.75. The van der Waals surface area contributed by atoms with E-state index >= 15 is 0 Å². The van der Waals surface area contributed by atoms with Gasteiger partial charge in [-0.2, -0.15) is 0 Å². The van der Waals surface area contributed by atoms with Crippen molar-refractivity contribution in [1.82, 2.24) is 4.90 Å². The third-order valence-electron chi connectivity index (χ3n) is 4.05. The second kappa shape index (κ2) is 6.31. The summed E-state index contributed by atoms with van der Waals surface area (Å²) in [6.07, 6.45) is 0.742. The van der Waals surface area contributed by atoms with Crippen molar-refractivity contribution >= 4 is 11.0 Å². The van der Waals surface area contributed by atoms with E-state index in [0.717, 1.165) is 36.0 Å². The van der Waals surface area contributed by atoms with E-state index < -0.39 is 0 Å². The molecule has 1 aromatic carbocycles. The molecule has 0 aliphatic carbocycles. The SMILES string of the molecule is CCc1cc2c(C)cc(=O)oc2c(CN(CC)CC)c1O. The molecule has 4 nitrogen and oxygen atoms in total. The number of fused-ring (bicyclic) bond motifs is 1. The number of nitrogens with zero attached hydrogens (tertiary/aromatic N) is 1. The first-order valence-corrected chi connectivity index (χ1v) is 7.52. The maximum Gasteiger partial charge on any atom is 0.336 e. The molecule has 0 aliphatic heterocycles. The molecule has 0 aliphatic rings. The van der Waals surface area contributed by atoms with E-state index in [1.54, 1.807) is 0 Å². The Bertz CT molecular complexity index is 699. The van der Waals surface area contributed by atoms with Crippen LogP contribution < -0.4 is 5.63 Å². The summed E-state index contributed by atoms with van der Waals surface area (Å²) in [5.74, 6) is 0.255. The highest BCUT2D eigenvalue weighted by molar-refractivity contribution is 5.86. The number of aryl methyl sites for hydroxylation is 2. The molecule has 0 bridgehead atoms. The van der Waals surface area contributed by atoms with E-state index in [-0.39, 0.29) is 11.4 Å². The molecule has 21 heavy (non-hydrogen) atoms. The first-order chi connectivity index (χ1) is 10.0. The van der Waals surface area contributed by atoms with Crippen molar-refractivity contribution in [1.29, 1.82) is 0 Å². The lowest BCUT2D eigenvalue weighted by atomic mass is 9.99. The Labute approximate surface area is 125 Å². The number of aromatic hydroxyl groups is 1. The van der Waals surface area contributed by atoms with Crippen molar-refractivity contribution < 1.29 is 9.52 Å². The number of hydrogen-bond donors (Lipinski definition) is 1. The predicted octanol–water partition coefficient (Wildman–Crippen LogP) is 3.21. The van der Waals surface area contributed by atoms with Crippen LogP contribution in [0.2, 0.25) is 0 Å². The standard InChI is InChI=1S/C17H23NO3/c1-5-12-9-13-11(4)8-15(19)21-17(13)14(16(12)20)10-18(6-2)7-3/h8-9,20H,5-7,10H2,1-4H3. The fraction of sp³-hybridized carbons (Fsp3) is 0.471. The van der Waals surface area contributed by atoms with E-state index in [1.807, 2.05) is 19.9 Å². The van der Waals surface area contributed by atoms with Gasteiger partial charge in [-0.25, -0.2) is 4.79 Å². The average Bonchev–Trinajstić information content (AvgIpc) is 2.46. The van der Waals surface area contributed by atoms with Gasteiger partial charge in [-0.05, 0) is 43.6 Å². The Kier molecular flexibility index (Phi) is 4.68. The first kappa shape index (κ1) is 15.6. The van der Waals surface area contributed by atoms with E-state index in [2.05, 4.69) is 18.7 Å². The summed E-state index contributed by atoms with van der Waals surface area (Å²) in [6, 6.07) is 3.43. The number of rotatable bonds is 5. The van der Waals surface area contributed by atoms with E-state index in [0.29, 0.717) is 17.7 Å². The monoisotopic (exact) mass is 289 g/mol. The second-order valence-corrected chi connectivity index (χ2v) is 5.30. The molecule has 0 amide bonds. The fourth-order valence-electron chi connectivity index (χ4n) is 2.65. The molecule has 4 heteroatoms. The summed E-state index contributed by atoms with van der Waals surface area (Å²) in [6.45, 7) is 10.4. The van der Waals surface area contributed by atoms with Gasteiger partial charge >= 0.3 is 5.63 Å². The molecule has 0 radical (unpaired) electrons. The van der Waals surface area contributed by atoms with Crippen LogP contribution in [0.25, 0.3) is 11.0 Å². The predicted molar refractivity (Wildman–Crippen MR) is 84.9 cm³/mol. The zero-order valence-electron chi connectivity index (χ0n) is 13.2. The minimum absolute atomic E-state index is 0.255. The van der Waals surface area contributed by atoms with Gasteiger partial charge in [-0.3, -0.25) is 4.90 Å². The van der Waals surface area contributed by atoms with Crippen LogP contribution in [0.5, 0.6) is 5.75 Å². The molecule has 0 atom stereocenters. The van der Waals surface area contributed by atoms with Crippen molar-refractivity contribution in [2.75, 3.05) is 13.1 Å². The molecular weight excluding hydrogens is 266 g/mol. The summed E-state index contributed by atoms with van der Waals surface area (Å²) in [4.78, 5) is 13.9. The summed E-state index contributed by atoms with van der Waals surface area (Å²) >= 11 is 0. The number of benzene rings is 1. The number of phenols is 1. The second-order valence-electron chi connectivity index (χ2n) is 5.30. The highest BCUT2D eigenvalue weighted by Gasteiger charge is 2.17. The maximum absolute atomic E-state index is 11.7. The van der Waals surface area contributed by atoms with Gasteiger partial charge in [0, 0.05) is 18.0 Å². The van der Waals surface area contributed by atoms with Gasteiger partial charge in [0.1, 0.15) is 11.3 Å². The lowest BCUT2D eigenvalue weighted by Gasteiger charge is -2.20. The normalized spacial score (nSPS) is 11.5. The first-order valence-electron chi connectivity index (χ1n) is 7.52. The van der Waals surface area contributed by atoms with Crippen LogP contribution in [-0.4, -0.2) is 23.1 Å². The maximum atomic E-state index is 11.7. The van der Waals surface area contributed by atoms with Crippen molar-refractivity contribution in [2.45, 2.75) is 40.7 Å². The molecule has 114 valence electrons. The van der Waals surface area contributed by atoms with Crippen molar-refractivity contribution in [3.63, 3.8) is 0 Å². The molecule has 0 saturated carbocycles. The van der Waals surface area contributed by atoms with Crippen molar-refractivity contribution in [2.24, 2.45) is 0 Å². The van der Waals surface area contributed by atoms with Crippen LogP contribution in [-0.2, 0) is 13.0 Å². The Morgan fingerprint density at radius 2 is 1.86 bits per heavy atom. The minimum atomic E-state index is -0.371. The Morgan fingerprint density at radius 3 is 2.43 bits per heavy atom. The molecule has 1 heterocycles. The fourth-order valence-corrected chi connectivity index (χ4v) is 2.65. The highest BCUT2D eigenvalue weighted by Crippen LogP contribution is 2.33. The third kappa shape index (κ3) is 2.95. The molecule has 0 fully saturated rings. The molecular formula is C17H23NO3. The van der Waals surface area contributed by atoms with Crippen LogP contribution in [0.4, 0.5) is 0 Å². The van der Waals surface area contributed by atoms with Crippen molar-refractivity contribution in [3.8, 4) is 5.75 Å². The number of phenolic OH excluding ortho intramolecular Hbond substituents is 1. The van der Waals surface area contributed by atoms with Gasteiger partial charge in [0.2, 0.25) is 0 Å². The van der Waals surface area contributed by atoms with Gasteiger partial charge in [-0.15, -0.1) is 0 Å². The lowest BCUT2D eigenvalue weighted by Crippen LogP contribution is -2.22. The average molecular weight is 289 g/mol. The molecule has 1 N–H and O–H groups in total. The van der Waals surface area contributed by atoms with Gasteiger partial charge in [-0.1, -0.05) is 20.8 Å². The van der Waals surface area contributed by atoms with Crippen molar-refractivity contribution in [3.05, 3.63) is 39.2 Å². The van der Waals surface area contributed by atoms with Crippen LogP contribution in [0.3, 0.4) is 0 Å². The summed E-state index contributed by atoms with van der Waals surface area (Å²) in [5.41, 5.74) is 2.64. The Hall–Kier alpha value is -1.81. The zero-order chi connectivity index (χ0) is 15.6. The summed E-state index contributed by atoms with van der Waals surface area (Å²) in [7, 11) is 0. The van der Waals surface area contributed by atoms with E-state index in [1.165, 1.54) is 6.07 Å². The molecule has 0 spiro atoms. The third-order valence-corrected chi connectivity index (χ3v) is 4.05. The molecule has 0 saturated heterocycles. The van der Waals surface area contributed by atoms with Gasteiger partial charge in [0.05, 0.1) is 5.56 Å². The smallest absolute Gasteiger partial charge is 0.336 e. The summed E-state index contributed by atoms with van der Waals surface area (Å²) in [5, 5.41) is 11.4. The van der Waals surface area contributed by atoms with E-state index in [4.69, 9.17) is 4.42 Å². The summed E-state index contributed by atoms with van der Waals surface area (Å²) < 4.78 is 5.40. The minimum Gasteiger partial charge on any atom is -0.507 e. The lowest BCUT2D eigenvalue weighted by molar-refractivity contribution is 0.290. The quantitative estimate of drug-likeness (QED) is 0.859. The molecule has 2 rings (SSSR count). The molecule has 0 unspecified atom stereocenters.